The third-order valence-corrected chi connectivity index (χ3v) is 2.79. The van der Waals surface area contributed by atoms with Gasteiger partial charge in [-0.3, -0.25) is 4.98 Å². The van der Waals surface area contributed by atoms with Crippen LogP contribution in [0.1, 0.15) is 16.7 Å². The number of halogens is 7. The van der Waals surface area contributed by atoms with Crippen LogP contribution < -0.4 is 11.1 Å². The van der Waals surface area contributed by atoms with E-state index in [9.17, 15) is 31.1 Å². The summed E-state index contributed by atoms with van der Waals surface area (Å²) in [4.78, 5) is 19.8. The van der Waals surface area contributed by atoms with Crippen molar-refractivity contribution < 1.29 is 26.3 Å². The monoisotopic (exact) mass is 385 g/mol. The zero-order valence-corrected chi connectivity index (χ0v) is 12.5. The molecule has 25 heavy (non-hydrogen) atoms. The maximum atomic E-state index is 12.7. The highest BCUT2D eigenvalue weighted by atomic mass is 35.5. The van der Waals surface area contributed by atoms with Gasteiger partial charge >= 0.3 is 18.0 Å². The second-order valence-electron chi connectivity index (χ2n) is 4.48. The summed E-state index contributed by atoms with van der Waals surface area (Å²) in [5.74, 6) is -0.395. The molecule has 2 N–H and O–H groups in total. The van der Waals surface area contributed by atoms with Crippen molar-refractivity contribution in [2.45, 2.75) is 12.4 Å². The molecule has 2 aromatic rings. The molecule has 0 amide bonds. The number of aromatic nitrogens is 3. The van der Waals surface area contributed by atoms with E-state index in [4.69, 9.17) is 11.6 Å². The quantitative estimate of drug-likeness (QED) is 0.482. The van der Waals surface area contributed by atoms with Gasteiger partial charge in [-0.25, -0.2) is 10.2 Å². The number of H-pyrrole nitrogens is 1. The van der Waals surface area contributed by atoms with E-state index in [1.165, 1.54) is 0 Å². The SMILES string of the molecule is O=c1nc(NN=Cc2cc(C(F)(F)F)cc(C(F)(F)F)c2)nc(Cl)[nH]1. The van der Waals surface area contributed by atoms with Gasteiger partial charge in [-0.1, -0.05) is 0 Å². The van der Waals surface area contributed by atoms with E-state index in [0.29, 0.717) is 18.3 Å². The van der Waals surface area contributed by atoms with Crippen molar-refractivity contribution in [2.75, 3.05) is 5.43 Å². The van der Waals surface area contributed by atoms with Crippen molar-refractivity contribution in [1.82, 2.24) is 15.0 Å². The van der Waals surface area contributed by atoms with Crippen molar-refractivity contribution in [1.29, 1.82) is 0 Å². The molecule has 13 heteroatoms. The van der Waals surface area contributed by atoms with Crippen LogP contribution >= 0.6 is 11.6 Å². The molecule has 2 rings (SSSR count). The number of alkyl halides is 6. The summed E-state index contributed by atoms with van der Waals surface area (Å²) in [6.07, 6.45) is -9.26. The zero-order valence-electron chi connectivity index (χ0n) is 11.7. The van der Waals surface area contributed by atoms with Gasteiger partial charge in [-0.2, -0.15) is 41.4 Å². The smallest absolute Gasteiger partial charge is 0.280 e. The van der Waals surface area contributed by atoms with E-state index < -0.39 is 40.7 Å². The standard InChI is InChI=1S/C12H6ClF6N5O/c13-8-21-9(23-10(25)22-8)24-20-4-5-1-6(11(14,15)16)3-7(2-5)12(17,18)19/h1-4H,(H2,21,22,23,24,25). The minimum Gasteiger partial charge on any atom is -0.280 e. The number of hydrogen-bond acceptors (Lipinski definition) is 5. The number of hydrazone groups is 1. The van der Waals surface area contributed by atoms with Gasteiger partial charge in [0, 0.05) is 0 Å². The summed E-state index contributed by atoms with van der Waals surface area (Å²) < 4.78 is 76.3. The van der Waals surface area contributed by atoms with E-state index in [1.54, 1.807) is 0 Å². The third-order valence-electron chi connectivity index (χ3n) is 2.61. The zero-order chi connectivity index (χ0) is 18.8. The van der Waals surface area contributed by atoms with E-state index >= 15 is 0 Å². The predicted molar refractivity (Wildman–Crippen MR) is 75.3 cm³/mol. The van der Waals surface area contributed by atoms with Crippen LogP contribution in [0.5, 0.6) is 0 Å². The number of aromatic amines is 1. The fourth-order valence-electron chi connectivity index (χ4n) is 1.63. The van der Waals surface area contributed by atoms with E-state index in [0.717, 1.165) is 0 Å². The molecule has 0 radical (unpaired) electrons. The molecule has 134 valence electrons. The first-order valence-electron chi connectivity index (χ1n) is 6.17. The van der Waals surface area contributed by atoms with Crippen LogP contribution in [0.4, 0.5) is 32.3 Å². The van der Waals surface area contributed by atoms with Gasteiger partial charge in [0.15, 0.2) is 0 Å². The molecule has 0 aliphatic carbocycles. The van der Waals surface area contributed by atoms with Crippen LogP contribution in [0, 0.1) is 0 Å². The van der Waals surface area contributed by atoms with Gasteiger partial charge in [-0.15, -0.1) is 0 Å². The second-order valence-corrected chi connectivity index (χ2v) is 4.84. The number of nitrogens with one attached hydrogen (secondary N) is 2. The average molecular weight is 386 g/mol. The maximum absolute atomic E-state index is 12.7. The molecule has 0 fully saturated rings. The van der Waals surface area contributed by atoms with Gasteiger partial charge in [-0.05, 0) is 35.4 Å². The molecule has 0 saturated heterocycles. The van der Waals surface area contributed by atoms with E-state index in [1.807, 2.05) is 4.98 Å². The van der Waals surface area contributed by atoms with E-state index in [2.05, 4.69) is 20.5 Å². The Morgan fingerprint density at radius 3 is 2.08 bits per heavy atom. The molecular formula is C12H6ClF6N5O. The Balaban J connectivity index is 2.33. The summed E-state index contributed by atoms with van der Waals surface area (Å²) in [6.45, 7) is 0. The molecule has 0 spiro atoms. The number of hydrogen-bond donors (Lipinski definition) is 2. The van der Waals surface area contributed by atoms with Crippen molar-refractivity contribution >= 4 is 23.8 Å². The summed E-state index contributed by atoms with van der Waals surface area (Å²) in [7, 11) is 0. The third kappa shape index (κ3) is 5.17. The Kier molecular flexibility index (Phi) is 5.02. The first-order valence-corrected chi connectivity index (χ1v) is 6.55. The van der Waals surface area contributed by atoms with Gasteiger partial charge in [0.05, 0.1) is 17.3 Å². The topological polar surface area (TPSA) is 83.0 Å². The molecule has 6 nitrogen and oxygen atoms in total. The number of benzene rings is 1. The summed E-state index contributed by atoms with van der Waals surface area (Å²) in [5, 5.41) is 3.06. The van der Waals surface area contributed by atoms with Crippen LogP contribution in [-0.2, 0) is 12.4 Å². The fraction of sp³-hybridized carbons (Fsp3) is 0.167. The van der Waals surface area contributed by atoms with Gasteiger partial charge in [0.2, 0.25) is 5.28 Å². The fourth-order valence-corrected chi connectivity index (χ4v) is 1.79. The lowest BCUT2D eigenvalue weighted by molar-refractivity contribution is -0.143. The highest BCUT2D eigenvalue weighted by molar-refractivity contribution is 6.28. The predicted octanol–water partition coefficient (Wildman–Crippen LogP) is 3.30. The van der Waals surface area contributed by atoms with E-state index in [-0.39, 0.29) is 11.3 Å². The van der Waals surface area contributed by atoms with Gasteiger partial charge < -0.3 is 0 Å². The highest BCUT2D eigenvalue weighted by Gasteiger charge is 2.36. The molecule has 0 unspecified atom stereocenters. The Morgan fingerprint density at radius 1 is 1.04 bits per heavy atom. The normalized spacial score (nSPS) is 12.6. The highest BCUT2D eigenvalue weighted by Crippen LogP contribution is 2.36. The minimum atomic E-state index is -4.97. The Bertz CT molecular complexity index is 828. The Labute approximate surface area is 139 Å². The van der Waals surface area contributed by atoms with Crippen molar-refractivity contribution in [3.05, 3.63) is 50.7 Å². The first kappa shape index (κ1) is 18.7. The lowest BCUT2D eigenvalue weighted by Gasteiger charge is -2.12. The maximum Gasteiger partial charge on any atom is 0.416 e. The molecule has 0 aliphatic heterocycles. The lowest BCUT2D eigenvalue weighted by atomic mass is 10.1. The Morgan fingerprint density at radius 2 is 1.60 bits per heavy atom. The average Bonchev–Trinajstić information content (AvgIpc) is 2.44. The van der Waals surface area contributed by atoms with Crippen LogP contribution in [-0.4, -0.2) is 21.2 Å². The Hall–Kier alpha value is -2.63. The minimum absolute atomic E-state index is 0.00953. The van der Waals surface area contributed by atoms with Crippen molar-refractivity contribution in [3.63, 3.8) is 0 Å². The first-order chi connectivity index (χ1) is 11.4. The summed E-state index contributed by atoms with van der Waals surface area (Å²) in [5.41, 5.74) is -2.26. The molecular weight excluding hydrogens is 380 g/mol. The van der Waals surface area contributed by atoms with Crippen molar-refractivity contribution in [2.24, 2.45) is 5.10 Å². The summed E-state index contributed by atoms with van der Waals surface area (Å²) >= 11 is 5.44. The molecule has 0 bridgehead atoms. The summed E-state index contributed by atoms with van der Waals surface area (Å²) in [6, 6.07) is 0.947. The van der Waals surface area contributed by atoms with Gasteiger partial charge in [0.1, 0.15) is 0 Å². The molecule has 1 aromatic heterocycles. The number of anilines is 1. The molecule has 1 heterocycles. The largest absolute Gasteiger partial charge is 0.416 e. The van der Waals surface area contributed by atoms with Gasteiger partial charge in [0.25, 0.3) is 5.95 Å². The molecule has 0 atom stereocenters. The number of rotatable bonds is 3. The van der Waals surface area contributed by atoms with Crippen molar-refractivity contribution in [3.8, 4) is 0 Å². The number of nitrogens with zero attached hydrogens (tertiary/aromatic N) is 3. The molecule has 0 saturated carbocycles. The molecule has 0 aliphatic rings. The van der Waals surface area contributed by atoms with Crippen LogP contribution in [0.3, 0.4) is 0 Å². The lowest BCUT2D eigenvalue weighted by Crippen LogP contribution is -2.14. The van der Waals surface area contributed by atoms with Crippen LogP contribution in [0.25, 0.3) is 0 Å². The second kappa shape index (κ2) is 6.70. The van der Waals surface area contributed by atoms with Crippen LogP contribution in [0.2, 0.25) is 5.28 Å². The van der Waals surface area contributed by atoms with Crippen LogP contribution in [0.15, 0.2) is 28.1 Å². The molecule has 1 aromatic carbocycles.